The van der Waals surface area contributed by atoms with E-state index in [0.717, 1.165) is 0 Å². The summed E-state index contributed by atoms with van der Waals surface area (Å²) < 4.78 is 0. The molecule has 0 atom stereocenters. The summed E-state index contributed by atoms with van der Waals surface area (Å²) in [4.78, 5) is 0.592. The smallest absolute Gasteiger partial charge is 0.244 e. The van der Waals surface area contributed by atoms with Crippen LogP contribution in [0, 0.1) is 5.21 Å². The van der Waals surface area contributed by atoms with Crippen molar-refractivity contribution >= 4 is 21.6 Å². The molecule has 11 heavy (non-hydrogen) atoms. The molecule has 1 aromatic carbocycles. The minimum absolute atomic E-state index is 0.325. The van der Waals surface area contributed by atoms with Crippen molar-refractivity contribution in [1.29, 1.82) is 0 Å². The van der Waals surface area contributed by atoms with Crippen LogP contribution in [0.3, 0.4) is 0 Å². The topological polar surface area (TPSA) is 38.4 Å². The Bertz CT molecular complexity index is 248. The molecule has 0 unspecified atom stereocenters. The molecular formula is C7H7BrN2O. The Balaban J connectivity index is 2.85. The van der Waals surface area contributed by atoms with E-state index in [0.29, 0.717) is 16.0 Å². The fraction of sp³-hybridized carbons (Fsp3) is 0.143. The van der Waals surface area contributed by atoms with Crippen molar-refractivity contribution in [2.75, 3.05) is 5.45 Å². The van der Waals surface area contributed by atoms with Gasteiger partial charge >= 0.3 is 0 Å². The number of alkyl halides is 1. The van der Waals surface area contributed by atoms with E-state index in [1.165, 1.54) is 0 Å². The predicted octanol–water partition coefficient (Wildman–Crippen LogP) is 2.63. The van der Waals surface area contributed by atoms with Gasteiger partial charge < -0.3 is 5.21 Å². The first-order valence-electron chi connectivity index (χ1n) is 3.10. The molecule has 0 N–H and O–H groups in total. The Kier molecular flexibility index (Phi) is 3.04. The fourth-order valence-electron chi connectivity index (χ4n) is 0.686. The molecule has 0 aliphatic carbocycles. The Hall–Kier alpha value is -0.900. The highest BCUT2D eigenvalue weighted by Crippen LogP contribution is 2.09. The van der Waals surface area contributed by atoms with Gasteiger partial charge in [-0.15, -0.1) is 0 Å². The largest absolute Gasteiger partial charge is 0.594 e. The highest BCUT2D eigenvalue weighted by atomic mass is 79.9. The molecule has 0 aromatic heterocycles. The first kappa shape index (κ1) is 8.20. The van der Waals surface area contributed by atoms with Crippen LogP contribution in [0.2, 0.25) is 0 Å². The molecule has 0 aliphatic heterocycles. The summed E-state index contributed by atoms with van der Waals surface area (Å²) in [5.74, 6) is 0. The van der Waals surface area contributed by atoms with Crippen molar-refractivity contribution in [1.82, 2.24) is 0 Å². The Morgan fingerprint density at radius 1 is 1.36 bits per heavy atom. The molecule has 3 nitrogen and oxygen atoms in total. The lowest BCUT2D eigenvalue weighted by Crippen LogP contribution is -1.89. The zero-order valence-corrected chi connectivity index (χ0v) is 7.36. The molecule has 0 saturated carbocycles. The number of azo groups is 1. The third-order valence-corrected chi connectivity index (χ3v) is 1.38. The summed E-state index contributed by atoms with van der Waals surface area (Å²) in [7, 11) is 0. The maximum atomic E-state index is 11.0. The average Bonchev–Trinajstić information content (AvgIpc) is 2.07. The second kappa shape index (κ2) is 4.08. The van der Waals surface area contributed by atoms with Gasteiger partial charge in [0.25, 0.3) is 0 Å². The van der Waals surface area contributed by atoms with Crippen LogP contribution in [0.4, 0.5) is 5.69 Å². The highest BCUT2D eigenvalue weighted by Gasteiger charge is 1.97. The summed E-state index contributed by atoms with van der Waals surface area (Å²) in [5, 5.41) is 14.6. The van der Waals surface area contributed by atoms with Crippen molar-refractivity contribution in [3.05, 3.63) is 35.5 Å². The van der Waals surface area contributed by atoms with Gasteiger partial charge in [0, 0.05) is 12.1 Å². The first-order chi connectivity index (χ1) is 5.34. The van der Waals surface area contributed by atoms with E-state index < -0.39 is 0 Å². The molecule has 4 heteroatoms. The molecule has 58 valence electrons. The summed E-state index contributed by atoms with van der Waals surface area (Å²) in [5.41, 5.74) is 0.873. The molecule has 0 amide bonds. The van der Waals surface area contributed by atoms with Gasteiger partial charge in [-0.1, -0.05) is 39.0 Å². The van der Waals surface area contributed by atoms with Gasteiger partial charge in [0.1, 0.15) is 0 Å². The maximum Gasteiger partial charge on any atom is 0.244 e. The van der Waals surface area contributed by atoms with Crippen molar-refractivity contribution < 1.29 is 4.86 Å². The summed E-state index contributed by atoms with van der Waals surface area (Å²) in [6.45, 7) is 0. The van der Waals surface area contributed by atoms with E-state index in [1.54, 1.807) is 24.3 Å². The quantitative estimate of drug-likeness (QED) is 0.245. The lowest BCUT2D eigenvalue weighted by molar-refractivity contribution is -0.440. The molecular weight excluding hydrogens is 208 g/mol. The molecule has 0 spiro atoms. The minimum Gasteiger partial charge on any atom is -0.594 e. The van der Waals surface area contributed by atoms with Crippen LogP contribution in [-0.2, 0) is 0 Å². The van der Waals surface area contributed by atoms with E-state index in [-0.39, 0.29) is 0 Å². The number of rotatable bonds is 2. The van der Waals surface area contributed by atoms with Gasteiger partial charge in [-0.3, -0.25) is 0 Å². The molecule has 0 aliphatic rings. The van der Waals surface area contributed by atoms with Gasteiger partial charge in [0.2, 0.25) is 5.69 Å². The van der Waals surface area contributed by atoms with Crippen molar-refractivity contribution in [3.8, 4) is 0 Å². The summed E-state index contributed by atoms with van der Waals surface area (Å²) in [6, 6.07) is 8.86. The van der Waals surface area contributed by atoms with Crippen molar-refractivity contribution in [2.45, 2.75) is 0 Å². The third kappa shape index (κ3) is 2.31. The zero-order valence-electron chi connectivity index (χ0n) is 5.77. The Labute approximate surface area is 73.1 Å². The number of halogens is 1. The maximum absolute atomic E-state index is 11.0. The van der Waals surface area contributed by atoms with Crippen LogP contribution in [0.1, 0.15) is 0 Å². The molecule has 0 fully saturated rings. The molecule has 0 heterocycles. The highest BCUT2D eigenvalue weighted by molar-refractivity contribution is 9.09. The van der Waals surface area contributed by atoms with E-state index in [4.69, 9.17) is 0 Å². The van der Waals surface area contributed by atoms with E-state index in [1.807, 2.05) is 6.07 Å². The summed E-state index contributed by atoms with van der Waals surface area (Å²) in [6.07, 6.45) is 0. The van der Waals surface area contributed by atoms with Crippen LogP contribution < -0.4 is 0 Å². The van der Waals surface area contributed by atoms with Crippen molar-refractivity contribution in [2.24, 2.45) is 5.11 Å². The monoisotopic (exact) mass is 214 g/mol. The molecule has 0 radical (unpaired) electrons. The minimum atomic E-state index is 0.325. The Morgan fingerprint density at radius 2 is 2.00 bits per heavy atom. The van der Waals surface area contributed by atoms with Gasteiger partial charge in [-0.05, 0) is 5.11 Å². The van der Waals surface area contributed by atoms with Gasteiger partial charge in [0.15, 0.2) is 5.45 Å². The second-order valence-electron chi connectivity index (χ2n) is 1.87. The van der Waals surface area contributed by atoms with E-state index in [2.05, 4.69) is 21.0 Å². The molecule has 1 aromatic rings. The number of para-hydroxylation sites is 1. The molecule has 1 rings (SSSR count). The van der Waals surface area contributed by atoms with E-state index >= 15 is 0 Å². The SMILES string of the molecule is [O-][N+](=NCBr)c1ccccc1. The fourth-order valence-corrected chi connectivity index (χ4v) is 0.889. The lowest BCUT2D eigenvalue weighted by Gasteiger charge is -1.96. The molecule has 0 bridgehead atoms. The van der Waals surface area contributed by atoms with Crippen LogP contribution >= 0.6 is 15.9 Å². The van der Waals surface area contributed by atoms with Gasteiger partial charge in [-0.25, -0.2) is 0 Å². The standard InChI is InChI=1S/C7H7BrN2O/c8-6-9-10(11)7-4-2-1-3-5-7/h1-5H,6H2. The van der Waals surface area contributed by atoms with Gasteiger partial charge in [0.05, 0.1) is 0 Å². The number of nitrogens with zero attached hydrogens (tertiary/aromatic N) is 2. The van der Waals surface area contributed by atoms with E-state index in [9.17, 15) is 5.21 Å². The second-order valence-corrected chi connectivity index (χ2v) is 2.37. The normalized spacial score (nSPS) is 11.5. The van der Waals surface area contributed by atoms with Crippen molar-refractivity contribution in [3.63, 3.8) is 0 Å². The van der Waals surface area contributed by atoms with Crippen LogP contribution in [0.15, 0.2) is 35.4 Å². The predicted molar refractivity (Wildman–Crippen MR) is 46.0 cm³/mol. The Morgan fingerprint density at radius 3 is 2.55 bits per heavy atom. The number of hydrogen-bond acceptors (Lipinski definition) is 2. The first-order valence-corrected chi connectivity index (χ1v) is 4.22. The average molecular weight is 215 g/mol. The zero-order chi connectivity index (χ0) is 8.10. The number of hydrogen-bond donors (Lipinski definition) is 0. The van der Waals surface area contributed by atoms with Gasteiger partial charge in [-0.2, -0.15) is 0 Å². The number of benzene rings is 1. The van der Waals surface area contributed by atoms with Crippen LogP contribution in [0.25, 0.3) is 0 Å². The lowest BCUT2D eigenvalue weighted by atomic mass is 10.3. The summed E-state index contributed by atoms with van der Waals surface area (Å²) >= 11 is 3.04. The molecule has 0 saturated heterocycles. The van der Waals surface area contributed by atoms with Crippen LogP contribution in [-0.4, -0.2) is 10.3 Å². The van der Waals surface area contributed by atoms with Crippen LogP contribution in [0.5, 0.6) is 0 Å². The third-order valence-electron chi connectivity index (χ3n) is 1.16.